The number of rotatable bonds is 6. The Morgan fingerprint density at radius 2 is 2.17 bits per heavy atom. The van der Waals surface area contributed by atoms with Crippen LogP contribution in [0.4, 0.5) is 8.78 Å². The summed E-state index contributed by atoms with van der Waals surface area (Å²) < 4.78 is 31.8. The zero-order chi connectivity index (χ0) is 16.2. The number of alkyl halides is 2. The van der Waals surface area contributed by atoms with Crippen molar-refractivity contribution in [2.75, 3.05) is 0 Å². The molecule has 0 spiro atoms. The van der Waals surface area contributed by atoms with Gasteiger partial charge in [-0.15, -0.1) is 0 Å². The van der Waals surface area contributed by atoms with Crippen LogP contribution >= 0.6 is 11.8 Å². The smallest absolute Gasteiger partial charge is 0.291 e. The van der Waals surface area contributed by atoms with Gasteiger partial charge >= 0.3 is 0 Å². The second-order valence-electron chi connectivity index (χ2n) is 4.76. The van der Waals surface area contributed by atoms with Gasteiger partial charge in [0.05, 0.1) is 23.6 Å². The maximum atomic E-state index is 12.7. The van der Waals surface area contributed by atoms with Gasteiger partial charge in [0.25, 0.3) is 5.76 Å². The molecule has 23 heavy (non-hydrogen) atoms. The fourth-order valence-corrected chi connectivity index (χ4v) is 2.77. The number of halogens is 2. The lowest BCUT2D eigenvalue weighted by Gasteiger charge is -2.09. The molecule has 1 amide bonds. The molecule has 0 radical (unpaired) electrons. The van der Waals surface area contributed by atoms with E-state index in [0.29, 0.717) is 29.3 Å². The highest BCUT2D eigenvalue weighted by Crippen LogP contribution is 2.28. The number of furan rings is 1. The van der Waals surface area contributed by atoms with Crippen molar-refractivity contribution >= 4 is 28.7 Å². The molecule has 1 N–H and O–H groups in total. The maximum absolute atomic E-state index is 12.7. The first kappa shape index (κ1) is 15.5. The fourth-order valence-electron chi connectivity index (χ4n) is 2.17. The van der Waals surface area contributed by atoms with E-state index in [1.807, 2.05) is 0 Å². The minimum Gasteiger partial charge on any atom is -0.472 e. The molecular formula is C15H13F2N3O2S. The van der Waals surface area contributed by atoms with Crippen molar-refractivity contribution < 1.29 is 18.0 Å². The summed E-state index contributed by atoms with van der Waals surface area (Å²) in [7, 11) is 0. The van der Waals surface area contributed by atoms with Crippen molar-refractivity contribution in [1.29, 1.82) is 0 Å². The van der Waals surface area contributed by atoms with Gasteiger partial charge in [-0.1, -0.05) is 12.1 Å². The SMILES string of the molecule is O=C(Cn1c(SC(F)F)nc2ccccc21)NCc1ccoc1. The summed E-state index contributed by atoms with van der Waals surface area (Å²) in [5.74, 6) is -2.88. The summed E-state index contributed by atoms with van der Waals surface area (Å²) in [6, 6.07) is 8.77. The van der Waals surface area contributed by atoms with Crippen molar-refractivity contribution in [2.24, 2.45) is 0 Å². The summed E-state index contributed by atoms with van der Waals surface area (Å²) in [5.41, 5.74) is 2.06. The number of imidazole rings is 1. The minimum absolute atomic E-state index is 0.0760. The van der Waals surface area contributed by atoms with Gasteiger partial charge in [-0.05, 0) is 30.0 Å². The maximum Gasteiger partial charge on any atom is 0.291 e. The number of aromatic nitrogens is 2. The van der Waals surface area contributed by atoms with E-state index >= 15 is 0 Å². The lowest BCUT2D eigenvalue weighted by molar-refractivity contribution is -0.121. The molecule has 0 atom stereocenters. The van der Waals surface area contributed by atoms with Crippen LogP contribution in [0, 0.1) is 0 Å². The average molecular weight is 337 g/mol. The third kappa shape index (κ3) is 3.70. The molecule has 0 saturated carbocycles. The summed E-state index contributed by atoms with van der Waals surface area (Å²) in [6.07, 6.45) is 3.05. The molecule has 120 valence electrons. The Morgan fingerprint density at radius 3 is 2.91 bits per heavy atom. The summed E-state index contributed by atoms with van der Waals surface area (Å²) in [6.45, 7) is 0.243. The van der Waals surface area contributed by atoms with E-state index in [9.17, 15) is 13.6 Å². The molecule has 3 rings (SSSR count). The summed E-state index contributed by atoms with van der Waals surface area (Å²) in [4.78, 5) is 16.3. The van der Waals surface area contributed by atoms with Crippen molar-refractivity contribution in [3.05, 3.63) is 48.4 Å². The van der Waals surface area contributed by atoms with Crippen molar-refractivity contribution in [2.45, 2.75) is 24.0 Å². The molecule has 0 aliphatic carbocycles. The van der Waals surface area contributed by atoms with Crippen LogP contribution in [-0.2, 0) is 17.9 Å². The molecule has 0 fully saturated rings. The quantitative estimate of drug-likeness (QED) is 0.702. The largest absolute Gasteiger partial charge is 0.472 e. The Hall–Kier alpha value is -2.35. The Bertz CT molecular complexity index is 802. The summed E-state index contributed by atoms with van der Waals surface area (Å²) >= 11 is 0.332. The first-order valence-electron chi connectivity index (χ1n) is 6.81. The van der Waals surface area contributed by atoms with Crippen LogP contribution in [0.3, 0.4) is 0 Å². The lowest BCUT2D eigenvalue weighted by atomic mass is 10.3. The average Bonchev–Trinajstić information content (AvgIpc) is 3.14. The van der Waals surface area contributed by atoms with Gasteiger partial charge in [0, 0.05) is 12.1 Å². The van der Waals surface area contributed by atoms with E-state index in [-0.39, 0.29) is 17.6 Å². The van der Waals surface area contributed by atoms with E-state index in [1.165, 1.54) is 17.1 Å². The normalized spacial score (nSPS) is 11.3. The van der Waals surface area contributed by atoms with Gasteiger partial charge in [-0.25, -0.2) is 4.98 Å². The van der Waals surface area contributed by atoms with Crippen LogP contribution in [-0.4, -0.2) is 21.2 Å². The van der Waals surface area contributed by atoms with Crippen molar-refractivity contribution in [3.8, 4) is 0 Å². The molecule has 1 aromatic carbocycles. The number of para-hydroxylation sites is 2. The number of hydrogen-bond donors (Lipinski definition) is 1. The molecule has 0 unspecified atom stereocenters. The zero-order valence-corrected chi connectivity index (χ0v) is 12.7. The molecule has 2 aromatic heterocycles. The molecule has 3 aromatic rings. The molecule has 0 saturated heterocycles. The number of nitrogens with zero attached hydrogens (tertiary/aromatic N) is 2. The second-order valence-corrected chi connectivity index (χ2v) is 5.71. The van der Waals surface area contributed by atoms with E-state index in [4.69, 9.17) is 4.42 Å². The van der Waals surface area contributed by atoms with Gasteiger partial charge < -0.3 is 14.3 Å². The van der Waals surface area contributed by atoms with Gasteiger partial charge in [-0.2, -0.15) is 8.78 Å². The van der Waals surface area contributed by atoms with Gasteiger partial charge in [0.15, 0.2) is 5.16 Å². The van der Waals surface area contributed by atoms with E-state index in [1.54, 1.807) is 30.3 Å². The fraction of sp³-hybridized carbons (Fsp3) is 0.200. The second kappa shape index (κ2) is 6.82. The van der Waals surface area contributed by atoms with Crippen LogP contribution in [0.1, 0.15) is 5.56 Å². The number of thioether (sulfide) groups is 1. The molecule has 0 aliphatic rings. The van der Waals surface area contributed by atoms with Crippen LogP contribution in [0.2, 0.25) is 0 Å². The Morgan fingerprint density at radius 1 is 1.35 bits per heavy atom. The number of amides is 1. The molecule has 0 aliphatic heterocycles. The number of benzene rings is 1. The van der Waals surface area contributed by atoms with Gasteiger partial charge in [0.2, 0.25) is 5.91 Å². The van der Waals surface area contributed by atoms with Crippen LogP contribution in [0.15, 0.2) is 52.4 Å². The number of fused-ring (bicyclic) bond motifs is 1. The highest BCUT2D eigenvalue weighted by atomic mass is 32.2. The highest BCUT2D eigenvalue weighted by Gasteiger charge is 2.17. The van der Waals surface area contributed by atoms with Crippen molar-refractivity contribution in [3.63, 3.8) is 0 Å². The molecule has 0 bridgehead atoms. The number of carbonyl (C=O) groups excluding carboxylic acids is 1. The highest BCUT2D eigenvalue weighted by molar-refractivity contribution is 7.99. The van der Waals surface area contributed by atoms with Crippen molar-refractivity contribution in [1.82, 2.24) is 14.9 Å². The third-order valence-electron chi connectivity index (χ3n) is 3.19. The molecule has 2 heterocycles. The topological polar surface area (TPSA) is 60.1 Å². The minimum atomic E-state index is -2.60. The zero-order valence-electron chi connectivity index (χ0n) is 11.9. The predicted molar refractivity (Wildman–Crippen MR) is 82.1 cm³/mol. The number of nitrogens with one attached hydrogen (secondary N) is 1. The first-order valence-corrected chi connectivity index (χ1v) is 7.69. The van der Waals surface area contributed by atoms with Crippen LogP contribution < -0.4 is 5.32 Å². The van der Waals surface area contributed by atoms with Gasteiger partial charge in [0.1, 0.15) is 6.54 Å². The summed E-state index contributed by atoms with van der Waals surface area (Å²) in [5, 5.41) is 2.85. The molecular weight excluding hydrogens is 324 g/mol. The molecule has 8 heteroatoms. The number of hydrogen-bond acceptors (Lipinski definition) is 4. The Labute approximate surface area is 134 Å². The van der Waals surface area contributed by atoms with E-state index in [2.05, 4.69) is 10.3 Å². The monoisotopic (exact) mass is 337 g/mol. The number of carbonyl (C=O) groups is 1. The van der Waals surface area contributed by atoms with Gasteiger partial charge in [-0.3, -0.25) is 4.79 Å². The van der Waals surface area contributed by atoms with Crippen LogP contribution in [0.5, 0.6) is 0 Å². The standard InChI is InChI=1S/C15H13F2N3O2S/c16-14(17)23-15-19-11-3-1-2-4-12(11)20(15)8-13(21)18-7-10-5-6-22-9-10/h1-6,9,14H,7-8H2,(H,18,21). The predicted octanol–water partition coefficient (Wildman–Crippen LogP) is 3.26. The Balaban J connectivity index is 1.78. The van der Waals surface area contributed by atoms with Crippen LogP contribution in [0.25, 0.3) is 11.0 Å². The van der Waals surface area contributed by atoms with E-state index in [0.717, 1.165) is 5.56 Å². The first-order chi connectivity index (χ1) is 11.1. The Kier molecular flexibility index (Phi) is 4.61. The third-order valence-corrected chi connectivity index (χ3v) is 3.89. The molecule has 5 nitrogen and oxygen atoms in total. The van der Waals surface area contributed by atoms with E-state index < -0.39 is 5.76 Å². The lowest BCUT2D eigenvalue weighted by Crippen LogP contribution is -2.27.